The summed E-state index contributed by atoms with van der Waals surface area (Å²) in [5.74, 6) is -0.120. The molecule has 1 heterocycles. The normalized spacial score (nSPS) is 14.6. The van der Waals surface area contributed by atoms with Crippen LogP contribution in [0.2, 0.25) is 0 Å². The van der Waals surface area contributed by atoms with Crippen LogP contribution in [-0.2, 0) is 0 Å². The fraction of sp³-hybridized carbons (Fsp3) is 0.316. The van der Waals surface area contributed by atoms with Gasteiger partial charge in [0, 0.05) is 23.6 Å². The Labute approximate surface area is 141 Å². The number of amides is 1. The molecule has 24 heavy (non-hydrogen) atoms. The van der Waals surface area contributed by atoms with Crippen molar-refractivity contribution in [1.82, 2.24) is 10.3 Å². The molecule has 122 valence electrons. The average molecular weight is 320 g/mol. The lowest BCUT2D eigenvalue weighted by atomic mass is 9.95. The Bertz CT molecular complexity index is 743. The minimum Gasteiger partial charge on any atom is -0.355 e. The maximum absolute atomic E-state index is 12.4. The zero-order valence-corrected chi connectivity index (χ0v) is 13.5. The first-order valence-electron chi connectivity index (χ1n) is 8.29. The van der Waals surface area contributed by atoms with Crippen LogP contribution in [0.4, 0.5) is 11.4 Å². The molecule has 1 aromatic heterocycles. The summed E-state index contributed by atoms with van der Waals surface area (Å²) in [5, 5.41) is 15.1. The summed E-state index contributed by atoms with van der Waals surface area (Å²) < 4.78 is 0. The summed E-state index contributed by atoms with van der Waals surface area (Å²) >= 11 is 0. The lowest BCUT2D eigenvalue weighted by molar-refractivity contribution is 0.0922. The molecule has 1 aliphatic carbocycles. The smallest absolute Gasteiger partial charge is 0.270 e. The van der Waals surface area contributed by atoms with Gasteiger partial charge in [0.25, 0.3) is 5.91 Å². The van der Waals surface area contributed by atoms with Crippen molar-refractivity contribution >= 4 is 17.3 Å². The summed E-state index contributed by atoms with van der Waals surface area (Å²) in [6.45, 7) is 0. The Hall–Kier alpha value is -2.87. The fourth-order valence-electron chi connectivity index (χ4n) is 2.93. The third-order valence-electron chi connectivity index (χ3n) is 4.24. The summed E-state index contributed by atoms with van der Waals surface area (Å²) in [6.07, 6.45) is 7.34. The van der Waals surface area contributed by atoms with Gasteiger partial charge in [0.05, 0.1) is 11.6 Å². The van der Waals surface area contributed by atoms with E-state index < -0.39 is 0 Å². The number of nitriles is 1. The molecule has 0 atom stereocenters. The van der Waals surface area contributed by atoms with E-state index in [0.717, 1.165) is 24.2 Å². The maximum atomic E-state index is 12.4. The first kappa shape index (κ1) is 16.0. The number of carbonyl (C=O) groups is 1. The van der Waals surface area contributed by atoms with E-state index in [0.29, 0.717) is 11.3 Å². The number of benzene rings is 1. The highest BCUT2D eigenvalue weighted by atomic mass is 16.1. The van der Waals surface area contributed by atoms with Crippen LogP contribution >= 0.6 is 0 Å². The summed E-state index contributed by atoms with van der Waals surface area (Å²) in [6, 6.07) is 13.1. The zero-order chi connectivity index (χ0) is 16.8. The monoisotopic (exact) mass is 320 g/mol. The second-order valence-corrected chi connectivity index (χ2v) is 6.05. The number of aromatic nitrogens is 1. The molecule has 0 spiro atoms. The number of rotatable bonds is 4. The number of hydrogen-bond donors (Lipinski definition) is 2. The topological polar surface area (TPSA) is 77.8 Å². The largest absolute Gasteiger partial charge is 0.355 e. The van der Waals surface area contributed by atoms with E-state index in [1.807, 2.05) is 18.2 Å². The van der Waals surface area contributed by atoms with Crippen molar-refractivity contribution in [3.8, 4) is 6.07 Å². The van der Waals surface area contributed by atoms with Gasteiger partial charge in [-0.1, -0.05) is 19.3 Å². The summed E-state index contributed by atoms with van der Waals surface area (Å²) in [4.78, 5) is 16.5. The second kappa shape index (κ2) is 7.60. The second-order valence-electron chi connectivity index (χ2n) is 6.05. The van der Waals surface area contributed by atoms with Gasteiger partial charge in [-0.3, -0.25) is 9.78 Å². The van der Waals surface area contributed by atoms with Gasteiger partial charge in [0.15, 0.2) is 0 Å². The highest BCUT2D eigenvalue weighted by Crippen LogP contribution is 2.19. The molecule has 0 aliphatic heterocycles. The minimum atomic E-state index is -0.120. The summed E-state index contributed by atoms with van der Waals surface area (Å²) in [5.41, 5.74) is 2.68. The fourth-order valence-corrected chi connectivity index (χ4v) is 2.93. The van der Waals surface area contributed by atoms with Crippen molar-refractivity contribution in [3.63, 3.8) is 0 Å². The Morgan fingerprint density at radius 3 is 2.54 bits per heavy atom. The highest BCUT2D eigenvalue weighted by molar-refractivity contribution is 5.93. The molecule has 0 radical (unpaired) electrons. The third kappa shape index (κ3) is 4.11. The molecular formula is C19H20N4O. The van der Waals surface area contributed by atoms with E-state index in [1.54, 1.807) is 24.4 Å². The van der Waals surface area contributed by atoms with Gasteiger partial charge in [-0.15, -0.1) is 0 Å². The van der Waals surface area contributed by atoms with Crippen molar-refractivity contribution in [3.05, 3.63) is 53.9 Å². The van der Waals surface area contributed by atoms with Gasteiger partial charge in [-0.2, -0.15) is 5.26 Å². The predicted molar refractivity (Wildman–Crippen MR) is 93.0 cm³/mol. The van der Waals surface area contributed by atoms with Gasteiger partial charge in [-0.05, 0) is 49.2 Å². The maximum Gasteiger partial charge on any atom is 0.270 e. The van der Waals surface area contributed by atoms with Crippen LogP contribution in [0.25, 0.3) is 0 Å². The van der Waals surface area contributed by atoms with Gasteiger partial charge in [0.1, 0.15) is 5.69 Å². The van der Waals surface area contributed by atoms with Gasteiger partial charge in [-0.25, -0.2) is 0 Å². The van der Waals surface area contributed by atoms with Crippen LogP contribution in [0.15, 0.2) is 42.6 Å². The molecule has 5 nitrogen and oxygen atoms in total. The van der Waals surface area contributed by atoms with E-state index in [-0.39, 0.29) is 11.9 Å². The molecule has 0 unspecified atom stereocenters. The van der Waals surface area contributed by atoms with E-state index in [1.165, 1.54) is 19.3 Å². The van der Waals surface area contributed by atoms with Crippen LogP contribution in [0.3, 0.4) is 0 Å². The molecule has 0 bridgehead atoms. The average Bonchev–Trinajstić information content (AvgIpc) is 2.63. The Morgan fingerprint density at radius 2 is 1.83 bits per heavy atom. The molecule has 1 fully saturated rings. The van der Waals surface area contributed by atoms with Crippen LogP contribution in [0, 0.1) is 11.3 Å². The SMILES string of the molecule is N#Cc1ccc(Nc2ccnc(C(=O)NC3CCCCC3)c2)cc1. The van der Waals surface area contributed by atoms with Crippen LogP contribution in [0.5, 0.6) is 0 Å². The van der Waals surface area contributed by atoms with Crippen molar-refractivity contribution in [2.24, 2.45) is 0 Å². The van der Waals surface area contributed by atoms with Crippen LogP contribution in [-0.4, -0.2) is 16.9 Å². The Balaban J connectivity index is 1.66. The van der Waals surface area contributed by atoms with Gasteiger partial charge < -0.3 is 10.6 Å². The van der Waals surface area contributed by atoms with Gasteiger partial charge >= 0.3 is 0 Å². The number of anilines is 2. The van der Waals surface area contributed by atoms with E-state index >= 15 is 0 Å². The lowest BCUT2D eigenvalue weighted by Gasteiger charge is -2.22. The third-order valence-corrected chi connectivity index (χ3v) is 4.24. The molecule has 1 saturated carbocycles. The molecule has 1 amide bonds. The molecule has 2 N–H and O–H groups in total. The van der Waals surface area contributed by atoms with Gasteiger partial charge in [0.2, 0.25) is 0 Å². The number of pyridine rings is 1. The van der Waals surface area contributed by atoms with Crippen molar-refractivity contribution in [2.75, 3.05) is 5.32 Å². The first-order valence-corrected chi connectivity index (χ1v) is 8.29. The van der Waals surface area contributed by atoms with Crippen molar-refractivity contribution < 1.29 is 4.79 Å². The van der Waals surface area contributed by atoms with E-state index in [9.17, 15) is 4.79 Å². The lowest BCUT2D eigenvalue weighted by Crippen LogP contribution is -2.36. The number of hydrogen-bond acceptors (Lipinski definition) is 4. The molecule has 3 rings (SSSR count). The molecule has 2 aromatic rings. The number of carbonyl (C=O) groups excluding carboxylic acids is 1. The van der Waals surface area contributed by atoms with Crippen LogP contribution in [0.1, 0.15) is 48.2 Å². The van der Waals surface area contributed by atoms with Crippen LogP contribution < -0.4 is 10.6 Å². The molecule has 1 aliphatic rings. The summed E-state index contributed by atoms with van der Waals surface area (Å²) in [7, 11) is 0. The molecular weight excluding hydrogens is 300 g/mol. The highest BCUT2D eigenvalue weighted by Gasteiger charge is 2.17. The molecule has 0 saturated heterocycles. The quantitative estimate of drug-likeness (QED) is 0.899. The molecule has 5 heteroatoms. The Kier molecular flexibility index (Phi) is 5.07. The minimum absolute atomic E-state index is 0.120. The Morgan fingerprint density at radius 1 is 1.08 bits per heavy atom. The first-order chi connectivity index (χ1) is 11.7. The molecule has 1 aromatic carbocycles. The number of nitrogens with zero attached hydrogens (tertiary/aromatic N) is 2. The van der Waals surface area contributed by atoms with E-state index in [4.69, 9.17) is 5.26 Å². The predicted octanol–water partition coefficient (Wildman–Crippen LogP) is 3.76. The van der Waals surface area contributed by atoms with Crippen molar-refractivity contribution in [1.29, 1.82) is 5.26 Å². The zero-order valence-electron chi connectivity index (χ0n) is 13.5. The number of nitrogens with one attached hydrogen (secondary N) is 2. The standard InChI is InChI=1S/C19H20N4O/c20-13-14-6-8-16(9-7-14)22-17-10-11-21-18(12-17)19(24)23-15-4-2-1-3-5-15/h6-12,15H,1-5H2,(H,21,22)(H,23,24). The van der Waals surface area contributed by atoms with Crippen molar-refractivity contribution in [2.45, 2.75) is 38.1 Å². The van der Waals surface area contributed by atoms with E-state index in [2.05, 4.69) is 21.7 Å².